The summed E-state index contributed by atoms with van der Waals surface area (Å²) in [6.45, 7) is 0.222. The van der Waals surface area contributed by atoms with Gasteiger partial charge in [-0.05, 0) is 34.8 Å². The molecule has 1 aliphatic carbocycles. The first-order valence-electron chi connectivity index (χ1n) is 6.53. The van der Waals surface area contributed by atoms with Crippen molar-refractivity contribution in [1.82, 2.24) is 5.32 Å². The summed E-state index contributed by atoms with van der Waals surface area (Å²) in [7, 11) is 0. The van der Waals surface area contributed by atoms with Gasteiger partial charge in [-0.25, -0.2) is 0 Å². The fourth-order valence-electron chi connectivity index (χ4n) is 2.28. The van der Waals surface area contributed by atoms with Crippen LogP contribution in [0.2, 0.25) is 0 Å². The predicted molar refractivity (Wildman–Crippen MR) is 79.7 cm³/mol. The number of hydrogen-bond donors (Lipinski definition) is 2. The number of anilines is 1. The third kappa shape index (κ3) is 4.01. The molecular weight excluding hydrogens is 326 g/mol. The van der Waals surface area contributed by atoms with E-state index in [1.807, 2.05) is 0 Å². The number of hydrogen-bond acceptors (Lipinski definition) is 4. The second kappa shape index (κ2) is 6.81. The molecule has 0 spiro atoms. The van der Waals surface area contributed by atoms with Gasteiger partial charge >= 0.3 is 0 Å². The van der Waals surface area contributed by atoms with Crippen molar-refractivity contribution in [2.45, 2.75) is 31.7 Å². The highest BCUT2D eigenvalue weighted by Gasteiger charge is 2.16. The first-order chi connectivity index (χ1) is 9.56. The Hall–Kier alpha value is -1.47. The molecule has 108 valence electrons. The van der Waals surface area contributed by atoms with Crippen LogP contribution in [0.3, 0.4) is 0 Å². The van der Waals surface area contributed by atoms with Crippen LogP contribution in [0.15, 0.2) is 22.7 Å². The van der Waals surface area contributed by atoms with Crippen molar-refractivity contribution < 1.29 is 9.72 Å². The van der Waals surface area contributed by atoms with E-state index >= 15 is 0 Å². The molecule has 0 heterocycles. The molecule has 1 fully saturated rings. The van der Waals surface area contributed by atoms with Gasteiger partial charge in [0.05, 0.1) is 17.2 Å². The van der Waals surface area contributed by atoms with Crippen LogP contribution in [-0.2, 0) is 4.79 Å². The van der Waals surface area contributed by atoms with Crippen molar-refractivity contribution in [3.8, 4) is 0 Å². The van der Waals surface area contributed by atoms with Crippen molar-refractivity contribution in [2.24, 2.45) is 0 Å². The quantitative estimate of drug-likeness (QED) is 0.637. The third-order valence-corrected chi connectivity index (χ3v) is 4.03. The molecule has 20 heavy (non-hydrogen) atoms. The summed E-state index contributed by atoms with van der Waals surface area (Å²) in [4.78, 5) is 22.1. The van der Waals surface area contributed by atoms with Crippen LogP contribution in [0.4, 0.5) is 11.4 Å². The molecule has 0 radical (unpaired) electrons. The molecule has 0 saturated heterocycles. The van der Waals surface area contributed by atoms with E-state index in [0.717, 1.165) is 12.8 Å². The minimum absolute atomic E-state index is 0.0488. The van der Waals surface area contributed by atoms with Crippen molar-refractivity contribution in [1.29, 1.82) is 0 Å². The molecule has 1 aromatic carbocycles. The number of halogens is 1. The summed E-state index contributed by atoms with van der Waals surface area (Å²) >= 11 is 3.27. The Morgan fingerprint density at radius 3 is 2.75 bits per heavy atom. The maximum absolute atomic E-state index is 11.8. The van der Waals surface area contributed by atoms with Gasteiger partial charge in [0.1, 0.15) is 0 Å². The average molecular weight is 342 g/mol. The molecule has 2 N–H and O–H groups in total. The van der Waals surface area contributed by atoms with Gasteiger partial charge in [0.15, 0.2) is 0 Å². The highest BCUT2D eigenvalue weighted by atomic mass is 79.9. The van der Waals surface area contributed by atoms with Crippen molar-refractivity contribution in [3.63, 3.8) is 0 Å². The zero-order chi connectivity index (χ0) is 14.5. The van der Waals surface area contributed by atoms with Gasteiger partial charge in [-0.2, -0.15) is 0 Å². The number of non-ortho nitro benzene ring substituents is 1. The zero-order valence-electron chi connectivity index (χ0n) is 10.9. The second-order valence-electron chi connectivity index (χ2n) is 4.83. The number of carbonyl (C=O) groups excluding carboxylic acids is 1. The van der Waals surface area contributed by atoms with Crippen LogP contribution in [0.5, 0.6) is 0 Å². The number of nitro groups is 1. The van der Waals surface area contributed by atoms with Gasteiger partial charge in [-0.1, -0.05) is 12.8 Å². The molecule has 0 aliphatic heterocycles. The van der Waals surface area contributed by atoms with Crippen LogP contribution >= 0.6 is 15.9 Å². The molecule has 7 heteroatoms. The summed E-state index contributed by atoms with van der Waals surface area (Å²) in [5.74, 6) is -0.196. The molecule has 6 nitrogen and oxygen atoms in total. The van der Waals surface area contributed by atoms with Gasteiger partial charge in [0.25, 0.3) is 5.69 Å². The number of rotatable bonds is 5. The van der Waals surface area contributed by atoms with E-state index in [0.29, 0.717) is 16.2 Å². The smallest absolute Gasteiger partial charge is 0.271 e. The number of amides is 1. The van der Waals surface area contributed by atoms with E-state index in [1.54, 1.807) is 6.07 Å². The molecule has 0 bridgehead atoms. The van der Waals surface area contributed by atoms with Crippen molar-refractivity contribution in [3.05, 3.63) is 32.8 Å². The fraction of sp³-hybridized carbons (Fsp3) is 0.462. The van der Waals surface area contributed by atoms with E-state index in [2.05, 4.69) is 26.6 Å². The highest BCUT2D eigenvalue weighted by Crippen LogP contribution is 2.27. The largest absolute Gasteiger partial charge is 0.324 e. The van der Waals surface area contributed by atoms with Crippen molar-refractivity contribution >= 4 is 33.2 Å². The molecule has 1 saturated carbocycles. The number of benzene rings is 1. The van der Waals surface area contributed by atoms with Gasteiger partial charge < -0.3 is 10.6 Å². The zero-order valence-corrected chi connectivity index (χ0v) is 12.5. The van der Waals surface area contributed by atoms with Crippen LogP contribution in [0.1, 0.15) is 25.7 Å². The number of nitrogens with zero attached hydrogens (tertiary/aromatic N) is 1. The SMILES string of the molecule is O=C(CNC1CCCC1)Nc1cc([N+](=O)[O-])ccc1Br. The summed E-state index contributed by atoms with van der Waals surface area (Å²) in [6, 6.07) is 4.70. The van der Waals surface area contributed by atoms with Gasteiger partial charge in [-0.3, -0.25) is 14.9 Å². The van der Waals surface area contributed by atoms with Crippen LogP contribution in [0, 0.1) is 10.1 Å². The lowest BCUT2D eigenvalue weighted by Gasteiger charge is -2.12. The van der Waals surface area contributed by atoms with E-state index < -0.39 is 4.92 Å². The second-order valence-corrected chi connectivity index (χ2v) is 5.69. The van der Waals surface area contributed by atoms with E-state index in [1.165, 1.54) is 25.0 Å². The van der Waals surface area contributed by atoms with Gasteiger partial charge in [0.2, 0.25) is 5.91 Å². The molecular formula is C13H16BrN3O3. The Bertz CT molecular complexity index is 516. The summed E-state index contributed by atoms with van der Waals surface area (Å²) in [6.07, 6.45) is 4.62. The van der Waals surface area contributed by atoms with E-state index in [4.69, 9.17) is 0 Å². The standard InChI is InChI=1S/C13H16BrN3O3/c14-11-6-5-10(17(19)20)7-12(11)16-13(18)8-15-9-3-1-2-4-9/h5-7,9,15H,1-4,8H2,(H,16,18). The lowest BCUT2D eigenvalue weighted by Crippen LogP contribution is -2.34. The maximum atomic E-state index is 11.8. The number of carbonyl (C=O) groups is 1. The molecule has 1 amide bonds. The monoisotopic (exact) mass is 341 g/mol. The first-order valence-corrected chi connectivity index (χ1v) is 7.33. The molecule has 0 unspecified atom stereocenters. The Morgan fingerprint density at radius 2 is 2.10 bits per heavy atom. The predicted octanol–water partition coefficient (Wildman–Crippen LogP) is 2.83. The molecule has 0 atom stereocenters. The Kier molecular flexibility index (Phi) is 5.08. The molecule has 2 rings (SSSR count). The molecule has 1 aromatic rings. The minimum atomic E-state index is -0.487. The number of nitro benzene ring substituents is 1. The fourth-order valence-corrected chi connectivity index (χ4v) is 2.63. The Balaban J connectivity index is 1.92. The minimum Gasteiger partial charge on any atom is -0.324 e. The summed E-state index contributed by atoms with van der Waals surface area (Å²) in [5, 5.41) is 16.6. The third-order valence-electron chi connectivity index (χ3n) is 3.34. The van der Waals surface area contributed by atoms with Gasteiger partial charge in [0, 0.05) is 22.6 Å². The Labute approximate surface area is 125 Å². The number of nitrogens with one attached hydrogen (secondary N) is 2. The Morgan fingerprint density at radius 1 is 1.40 bits per heavy atom. The summed E-state index contributed by atoms with van der Waals surface area (Å²) < 4.78 is 0.623. The normalized spacial score (nSPS) is 15.2. The maximum Gasteiger partial charge on any atom is 0.271 e. The lowest BCUT2D eigenvalue weighted by molar-refractivity contribution is -0.384. The summed E-state index contributed by atoms with van der Waals surface area (Å²) in [5.41, 5.74) is 0.365. The van der Waals surface area contributed by atoms with Crippen LogP contribution in [0.25, 0.3) is 0 Å². The highest BCUT2D eigenvalue weighted by molar-refractivity contribution is 9.10. The van der Waals surface area contributed by atoms with Crippen LogP contribution < -0.4 is 10.6 Å². The van der Waals surface area contributed by atoms with E-state index in [9.17, 15) is 14.9 Å². The van der Waals surface area contributed by atoms with Gasteiger partial charge in [-0.15, -0.1) is 0 Å². The first kappa shape index (κ1) is 14.9. The van der Waals surface area contributed by atoms with Crippen molar-refractivity contribution in [2.75, 3.05) is 11.9 Å². The molecule has 1 aliphatic rings. The lowest BCUT2D eigenvalue weighted by atomic mass is 10.2. The van der Waals surface area contributed by atoms with Crippen LogP contribution in [-0.4, -0.2) is 23.4 Å². The molecule has 0 aromatic heterocycles. The average Bonchev–Trinajstić information content (AvgIpc) is 2.92. The topological polar surface area (TPSA) is 84.3 Å². The van der Waals surface area contributed by atoms with E-state index in [-0.39, 0.29) is 18.1 Å².